The van der Waals surface area contributed by atoms with E-state index in [1.165, 1.54) is 0 Å². The quantitative estimate of drug-likeness (QED) is 0.685. The Kier molecular flexibility index (Phi) is 5.62. The van der Waals surface area contributed by atoms with Gasteiger partial charge < -0.3 is 15.5 Å². The van der Waals surface area contributed by atoms with Crippen LogP contribution in [0.5, 0.6) is 0 Å². The number of hydrogen-bond acceptors (Lipinski definition) is 6. The Balaban J connectivity index is 0.000000157. The highest BCUT2D eigenvalue weighted by Gasteiger charge is 2.17. The second-order valence-electron chi connectivity index (χ2n) is 5.80. The first kappa shape index (κ1) is 17.4. The number of rotatable bonds is 2. The number of nitrogen functional groups attached to an aromatic ring is 1. The third kappa shape index (κ3) is 4.15. The summed E-state index contributed by atoms with van der Waals surface area (Å²) < 4.78 is 2.45. The number of nitrogens with two attached hydrogens (primary N) is 1. The normalized spacial score (nSPS) is 15.0. The predicted octanol–water partition coefficient (Wildman–Crippen LogP) is 2.20. The molecule has 3 N–H and O–H groups in total. The van der Waals surface area contributed by atoms with Gasteiger partial charge in [-0.2, -0.15) is 5.10 Å². The summed E-state index contributed by atoms with van der Waals surface area (Å²) in [5, 5.41) is 6.66. The number of pyridine rings is 2. The van der Waals surface area contributed by atoms with E-state index in [0.29, 0.717) is 4.77 Å². The molecule has 1 aliphatic heterocycles. The first-order valence-corrected chi connectivity index (χ1v) is 8.79. The average molecular weight is 357 g/mol. The van der Waals surface area contributed by atoms with Crippen LogP contribution >= 0.6 is 12.2 Å². The van der Waals surface area contributed by atoms with E-state index in [1.54, 1.807) is 6.20 Å². The summed E-state index contributed by atoms with van der Waals surface area (Å²) in [7, 11) is 0. The lowest BCUT2D eigenvalue weighted by Crippen LogP contribution is -2.46. The van der Waals surface area contributed by atoms with Crippen molar-refractivity contribution >= 4 is 29.4 Å². The van der Waals surface area contributed by atoms with E-state index in [2.05, 4.69) is 31.9 Å². The SMILES string of the molecule is CCN1CCN(c2ncccc2N)CC1.S=c1[nH]nc2ccccn12. The number of aromatic amines is 1. The number of likely N-dealkylation sites (N-methyl/N-ethyl adjacent to an activating group) is 1. The van der Waals surface area contributed by atoms with E-state index in [1.807, 2.05) is 40.9 Å². The highest BCUT2D eigenvalue weighted by molar-refractivity contribution is 7.71. The standard InChI is InChI=1S/C11H18N4.C6H5N3S/c1-2-14-6-8-15(9-7-14)11-10(12)4-3-5-13-11;10-6-8-7-5-3-1-2-4-9(5)6/h3-5H,2,6-9,12H2,1H3;1-4H,(H,8,10). The predicted molar refractivity (Wildman–Crippen MR) is 103 cm³/mol. The largest absolute Gasteiger partial charge is 0.396 e. The summed E-state index contributed by atoms with van der Waals surface area (Å²) in [6, 6.07) is 9.52. The molecular formula is C17H23N7S. The van der Waals surface area contributed by atoms with Crippen LogP contribution in [0.2, 0.25) is 0 Å². The van der Waals surface area contributed by atoms with Crippen LogP contribution in [-0.2, 0) is 0 Å². The number of piperazine rings is 1. The molecule has 1 aliphatic rings. The van der Waals surface area contributed by atoms with E-state index in [4.69, 9.17) is 18.0 Å². The van der Waals surface area contributed by atoms with Crippen LogP contribution in [0.3, 0.4) is 0 Å². The van der Waals surface area contributed by atoms with E-state index in [-0.39, 0.29) is 0 Å². The first-order valence-electron chi connectivity index (χ1n) is 8.38. The summed E-state index contributed by atoms with van der Waals surface area (Å²) in [6.45, 7) is 7.58. The van der Waals surface area contributed by atoms with Gasteiger partial charge in [-0.25, -0.2) is 4.98 Å². The molecule has 25 heavy (non-hydrogen) atoms. The average Bonchev–Trinajstić information content (AvgIpc) is 3.04. The molecule has 4 rings (SSSR count). The smallest absolute Gasteiger partial charge is 0.199 e. The number of nitrogens with zero attached hydrogens (tertiary/aromatic N) is 5. The summed E-state index contributed by atoms with van der Waals surface area (Å²) >= 11 is 4.93. The van der Waals surface area contributed by atoms with Crippen LogP contribution < -0.4 is 10.6 Å². The van der Waals surface area contributed by atoms with Gasteiger partial charge in [0.1, 0.15) is 0 Å². The molecule has 1 saturated heterocycles. The zero-order chi connectivity index (χ0) is 17.6. The third-order valence-corrected chi connectivity index (χ3v) is 4.55. The molecule has 0 atom stereocenters. The molecule has 0 saturated carbocycles. The molecule has 132 valence electrons. The van der Waals surface area contributed by atoms with Gasteiger partial charge in [0.05, 0.1) is 5.69 Å². The first-order chi connectivity index (χ1) is 12.2. The highest BCUT2D eigenvalue weighted by Crippen LogP contribution is 2.20. The van der Waals surface area contributed by atoms with E-state index >= 15 is 0 Å². The zero-order valence-electron chi connectivity index (χ0n) is 14.3. The highest BCUT2D eigenvalue weighted by atomic mass is 32.1. The molecule has 7 nitrogen and oxygen atoms in total. The van der Waals surface area contributed by atoms with E-state index < -0.39 is 0 Å². The molecule has 3 aromatic rings. The Labute approximate surface area is 152 Å². The van der Waals surface area contributed by atoms with Crippen LogP contribution in [0.15, 0.2) is 42.7 Å². The summed E-state index contributed by atoms with van der Waals surface area (Å²) in [6.07, 6.45) is 3.68. The van der Waals surface area contributed by atoms with Crippen LogP contribution in [0.25, 0.3) is 5.65 Å². The maximum absolute atomic E-state index is 5.90. The molecular weight excluding hydrogens is 334 g/mol. The van der Waals surface area contributed by atoms with Gasteiger partial charge in [0.15, 0.2) is 16.2 Å². The van der Waals surface area contributed by atoms with Gasteiger partial charge in [0.25, 0.3) is 0 Å². The lowest BCUT2D eigenvalue weighted by Gasteiger charge is -2.35. The molecule has 0 amide bonds. The van der Waals surface area contributed by atoms with Crippen LogP contribution in [0.1, 0.15) is 6.92 Å². The Hall–Kier alpha value is -2.45. The van der Waals surface area contributed by atoms with Gasteiger partial charge in [-0.15, -0.1) is 0 Å². The fraction of sp³-hybridized carbons (Fsp3) is 0.353. The number of H-pyrrole nitrogens is 1. The number of anilines is 2. The van der Waals surface area contributed by atoms with Crippen molar-refractivity contribution in [3.05, 3.63) is 47.5 Å². The topological polar surface area (TPSA) is 78.5 Å². The van der Waals surface area contributed by atoms with Gasteiger partial charge in [-0.05, 0) is 43.0 Å². The summed E-state index contributed by atoms with van der Waals surface area (Å²) in [5.41, 5.74) is 7.53. The van der Waals surface area contributed by atoms with Gasteiger partial charge >= 0.3 is 0 Å². The van der Waals surface area contributed by atoms with E-state index in [0.717, 1.165) is 49.9 Å². The van der Waals surface area contributed by atoms with Crippen molar-refractivity contribution < 1.29 is 0 Å². The minimum absolute atomic E-state index is 0.635. The maximum Gasteiger partial charge on any atom is 0.199 e. The number of fused-ring (bicyclic) bond motifs is 1. The fourth-order valence-electron chi connectivity index (χ4n) is 2.81. The molecule has 1 fully saturated rings. The van der Waals surface area contributed by atoms with Crippen molar-refractivity contribution in [2.45, 2.75) is 6.92 Å². The molecule has 4 heterocycles. The third-order valence-electron chi connectivity index (χ3n) is 4.26. The zero-order valence-corrected chi connectivity index (χ0v) is 15.1. The van der Waals surface area contributed by atoms with Crippen LogP contribution in [-0.4, -0.2) is 57.2 Å². The summed E-state index contributed by atoms with van der Waals surface area (Å²) in [5.74, 6) is 0.938. The van der Waals surface area contributed by atoms with Gasteiger partial charge in [-0.1, -0.05) is 13.0 Å². The monoisotopic (exact) mass is 357 g/mol. The van der Waals surface area contributed by atoms with Crippen molar-refractivity contribution in [1.29, 1.82) is 0 Å². The fourth-order valence-corrected chi connectivity index (χ4v) is 3.01. The second kappa shape index (κ2) is 8.09. The number of nitrogens with one attached hydrogen (secondary N) is 1. The molecule has 0 bridgehead atoms. The molecule has 0 aliphatic carbocycles. The van der Waals surface area contributed by atoms with Crippen LogP contribution in [0.4, 0.5) is 11.5 Å². The number of hydrogen-bond donors (Lipinski definition) is 2. The molecule has 0 unspecified atom stereocenters. The lowest BCUT2D eigenvalue weighted by atomic mass is 10.3. The Morgan fingerprint density at radius 2 is 1.96 bits per heavy atom. The van der Waals surface area contributed by atoms with E-state index in [9.17, 15) is 0 Å². The number of aromatic nitrogens is 4. The van der Waals surface area contributed by atoms with Gasteiger partial charge in [0, 0.05) is 38.6 Å². The minimum atomic E-state index is 0.635. The molecule has 0 radical (unpaired) electrons. The minimum Gasteiger partial charge on any atom is -0.396 e. The van der Waals surface area contributed by atoms with Crippen molar-refractivity contribution in [3.63, 3.8) is 0 Å². The summed E-state index contributed by atoms with van der Waals surface area (Å²) in [4.78, 5) is 9.04. The molecule has 8 heteroatoms. The lowest BCUT2D eigenvalue weighted by molar-refractivity contribution is 0.270. The Bertz CT molecular complexity index is 864. The molecule has 0 aromatic carbocycles. The maximum atomic E-state index is 5.90. The van der Waals surface area contributed by atoms with Gasteiger partial charge in [0.2, 0.25) is 0 Å². The van der Waals surface area contributed by atoms with Gasteiger partial charge in [-0.3, -0.25) is 9.50 Å². The molecule has 0 spiro atoms. The Morgan fingerprint density at radius 3 is 2.64 bits per heavy atom. The van der Waals surface area contributed by atoms with Crippen molar-refractivity contribution in [2.24, 2.45) is 0 Å². The van der Waals surface area contributed by atoms with Crippen LogP contribution in [0, 0.1) is 4.77 Å². The Morgan fingerprint density at radius 1 is 1.16 bits per heavy atom. The second-order valence-corrected chi connectivity index (χ2v) is 6.18. The van der Waals surface area contributed by atoms with Crippen molar-refractivity contribution in [1.82, 2.24) is 24.5 Å². The molecule has 3 aromatic heterocycles. The van der Waals surface area contributed by atoms with Crippen molar-refractivity contribution in [2.75, 3.05) is 43.4 Å². The van der Waals surface area contributed by atoms with Crippen molar-refractivity contribution in [3.8, 4) is 0 Å².